The second kappa shape index (κ2) is 9.18. The molecule has 32 heavy (non-hydrogen) atoms. The number of nitrogens with one attached hydrogen (secondary N) is 2. The number of benzene rings is 1. The van der Waals surface area contributed by atoms with Crippen LogP contribution in [0.4, 0.5) is 20.4 Å². The number of imidazole rings is 1. The molecule has 3 aromatic rings. The van der Waals surface area contributed by atoms with E-state index in [1.807, 2.05) is 4.57 Å². The van der Waals surface area contributed by atoms with Crippen LogP contribution in [0.5, 0.6) is 0 Å². The maximum Gasteiger partial charge on any atom is 0.217 e. The summed E-state index contributed by atoms with van der Waals surface area (Å²) in [5.74, 6) is 0.237. The van der Waals surface area contributed by atoms with Gasteiger partial charge in [-0.05, 0) is 43.7 Å². The maximum atomic E-state index is 14.3. The van der Waals surface area contributed by atoms with E-state index in [1.54, 1.807) is 6.20 Å². The molecule has 2 aromatic heterocycles. The Balaban J connectivity index is 1.71. The van der Waals surface area contributed by atoms with Gasteiger partial charge in [0.05, 0.1) is 11.9 Å². The first-order chi connectivity index (χ1) is 15.3. The lowest BCUT2D eigenvalue weighted by atomic mass is 9.91. The Hall–Kier alpha value is -3.10. The van der Waals surface area contributed by atoms with Crippen molar-refractivity contribution >= 4 is 28.7 Å². The van der Waals surface area contributed by atoms with E-state index >= 15 is 0 Å². The molecule has 4 rings (SSSR count). The highest BCUT2D eigenvalue weighted by atomic mass is 19.1. The van der Waals surface area contributed by atoms with Crippen molar-refractivity contribution in [2.45, 2.75) is 65.0 Å². The summed E-state index contributed by atoms with van der Waals surface area (Å²) >= 11 is 0. The zero-order chi connectivity index (χ0) is 22.8. The molecule has 1 fully saturated rings. The molecule has 0 spiro atoms. The number of hydrogen-bond acceptors (Lipinski definition) is 5. The third-order valence-electron chi connectivity index (χ3n) is 5.72. The van der Waals surface area contributed by atoms with Crippen molar-refractivity contribution in [2.75, 3.05) is 5.32 Å². The highest BCUT2D eigenvalue weighted by molar-refractivity contribution is 5.76. The van der Waals surface area contributed by atoms with Crippen LogP contribution in [-0.4, -0.2) is 31.5 Å². The van der Waals surface area contributed by atoms with E-state index in [2.05, 4.69) is 34.4 Å². The van der Waals surface area contributed by atoms with E-state index in [4.69, 9.17) is 4.98 Å². The van der Waals surface area contributed by atoms with Crippen molar-refractivity contribution in [1.29, 1.82) is 0 Å². The van der Waals surface area contributed by atoms with Crippen molar-refractivity contribution in [1.82, 2.24) is 24.8 Å². The number of anilines is 2. The second-order valence-corrected chi connectivity index (χ2v) is 8.85. The smallest absolute Gasteiger partial charge is 0.217 e. The number of nitrogens with zero attached hydrogens (tertiary/aromatic N) is 4. The second-order valence-electron chi connectivity index (χ2n) is 8.85. The average molecular weight is 443 g/mol. The molecular weight excluding hydrogens is 414 g/mol. The van der Waals surface area contributed by atoms with Crippen LogP contribution in [-0.2, 0) is 11.2 Å². The molecule has 1 aliphatic carbocycles. The van der Waals surface area contributed by atoms with E-state index < -0.39 is 11.6 Å². The quantitative estimate of drug-likeness (QED) is 0.580. The topological polar surface area (TPSA) is 84.7 Å². The van der Waals surface area contributed by atoms with Gasteiger partial charge in [-0.2, -0.15) is 0 Å². The molecule has 0 unspecified atom stereocenters. The van der Waals surface area contributed by atoms with Gasteiger partial charge in [-0.25, -0.2) is 23.7 Å². The predicted octanol–water partition coefficient (Wildman–Crippen LogP) is 4.67. The Bertz CT molecular complexity index is 1120. The molecule has 0 aliphatic heterocycles. The van der Waals surface area contributed by atoms with Gasteiger partial charge in [-0.1, -0.05) is 13.8 Å². The van der Waals surface area contributed by atoms with Crippen molar-refractivity contribution < 1.29 is 13.6 Å². The lowest BCUT2D eigenvalue weighted by Crippen LogP contribution is -2.36. The molecule has 1 amide bonds. The summed E-state index contributed by atoms with van der Waals surface area (Å²) in [4.78, 5) is 25.3. The predicted molar refractivity (Wildman–Crippen MR) is 119 cm³/mol. The Morgan fingerprint density at radius 1 is 1.19 bits per heavy atom. The summed E-state index contributed by atoms with van der Waals surface area (Å²) in [7, 11) is 0. The Morgan fingerprint density at radius 3 is 2.59 bits per heavy atom. The van der Waals surface area contributed by atoms with Crippen LogP contribution in [0.25, 0.3) is 11.2 Å². The van der Waals surface area contributed by atoms with Gasteiger partial charge in [0.25, 0.3) is 0 Å². The summed E-state index contributed by atoms with van der Waals surface area (Å²) in [5, 5.41) is 6.02. The van der Waals surface area contributed by atoms with E-state index in [1.165, 1.54) is 19.1 Å². The van der Waals surface area contributed by atoms with Crippen molar-refractivity contribution in [3.05, 3.63) is 41.9 Å². The fourth-order valence-corrected chi connectivity index (χ4v) is 4.30. The number of amides is 1. The van der Waals surface area contributed by atoms with Crippen LogP contribution >= 0.6 is 0 Å². The first kappa shape index (κ1) is 22.1. The number of carbonyl (C=O) groups is 1. The minimum absolute atomic E-state index is 0.0262. The molecule has 1 aromatic carbocycles. The third-order valence-corrected chi connectivity index (χ3v) is 5.72. The molecule has 0 radical (unpaired) electrons. The molecule has 9 heteroatoms. The fraction of sp³-hybridized carbons (Fsp3) is 0.478. The van der Waals surface area contributed by atoms with Gasteiger partial charge in [0.15, 0.2) is 5.65 Å². The molecule has 0 saturated heterocycles. The van der Waals surface area contributed by atoms with Gasteiger partial charge in [0.2, 0.25) is 11.9 Å². The number of rotatable bonds is 6. The highest BCUT2D eigenvalue weighted by Gasteiger charge is 2.27. The largest absolute Gasteiger partial charge is 0.354 e. The minimum Gasteiger partial charge on any atom is -0.354 e. The Labute approximate surface area is 185 Å². The van der Waals surface area contributed by atoms with Gasteiger partial charge in [0.1, 0.15) is 23.0 Å². The SMILES string of the molecule is CC(=O)NC1CCC(n2c(Nc3ccc(F)cc3F)nc3cnc(CC(C)C)nc32)CC1. The number of halogens is 2. The zero-order valence-electron chi connectivity index (χ0n) is 18.5. The number of hydrogen-bond donors (Lipinski definition) is 2. The molecule has 0 bridgehead atoms. The fourth-order valence-electron chi connectivity index (χ4n) is 4.30. The first-order valence-electron chi connectivity index (χ1n) is 11.0. The lowest BCUT2D eigenvalue weighted by molar-refractivity contribution is -0.119. The molecule has 170 valence electrons. The summed E-state index contributed by atoms with van der Waals surface area (Å²) in [6.07, 6.45) is 5.74. The monoisotopic (exact) mass is 442 g/mol. The van der Waals surface area contributed by atoms with Gasteiger partial charge < -0.3 is 10.6 Å². The molecule has 2 N–H and O–H groups in total. The molecule has 2 heterocycles. The molecule has 1 saturated carbocycles. The number of aromatic nitrogens is 4. The van der Waals surface area contributed by atoms with Crippen LogP contribution in [0.3, 0.4) is 0 Å². The van der Waals surface area contributed by atoms with E-state index in [9.17, 15) is 13.6 Å². The standard InChI is InChI=1S/C23H28F2N6O/c1-13(2)10-21-26-12-20-22(30-21)31(17-7-5-16(6-8-17)27-14(3)32)23(29-20)28-19-9-4-15(24)11-18(19)25/h4,9,11-13,16-17H,5-8,10H2,1-3H3,(H,27,32)(H,28,29). The van der Waals surface area contributed by atoms with Crippen LogP contribution < -0.4 is 10.6 Å². The third kappa shape index (κ3) is 4.87. The van der Waals surface area contributed by atoms with Crippen LogP contribution in [0.15, 0.2) is 24.4 Å². The van der Waals surface area contributed by atoms with Gasteiger partial charge >= 0.3 is 0 Å². The first-order valence-corrected chi connectivity index (χ1v) is 11.0. The van der Waals surface area contributed by atoms with E-state index in [-0.39, 0.29) is 23.7 Å². The zero-order valence-corrected chi connectivity index (χ0v) is 18.5. The maximum absolute atomic E-state index is 14.3. The summed E-state index contributed by atoms with van der Waals surface area (Å²) < 4.78 is 29.7. The van der Waals surface area contributed by atoms with Crippen LogP contribution in [0.1, 0.15) is 58.3 Å². The van der Waals surface area contributed by atoms with Crippen molar-refractivity contribution in [2.24, 2.45) is 5.92 Å². The van der Waals surface area contributed by atoms with E-state index in [0.29, 0.717) is 23.0 Å². The van der Waals surface area contributed by atoms with Crippen LogP contribution in [0, 0.1) is 17.6 Å². The summed E-state index contributed by atoms with van der Waals surface area (Å²) in [5.41, 5.74) is 1.46. The van der Waals surface area contributed by atoms with Crippen LogP contribution in [0.2, 0.25) is 0 Å². The molecular formula is C23H28F2N6O. The summed E-state index contributed by atoms with van der Waals surface area (Å²) in [6, 6.07) is 3.64. The normalized spacial score (nSPS) is 18.8. The van der Waals surface area contributed by atoms with Crippen molar-refractivity contribution in [3.63, 3.8) is 0 Å². The number of fused-ring (bicyclic) bond motifs is 1. The lowest BCUT2D eigenvalue weighted by Gasteiger charge is -2.30. The number of carbonyl (C=O) groups excluding carboxylic acids is 1. The molecule has 1 aliphatic rings. The average Bonchev–Trinajstić information content (AvgIpc) is 3.07. The van der Waals surface area contributed by atoms with E-state index in [0.717, 1.165) is 44.0 Å². The Kier molecular flexibility index (Phi) is 6.34. The van der Waals surface area contributed by atoms with Crippen molar-refractivity contribution in [3.8, 4) is 0 Å². The summed E-state index contributed by atoms with van der Waals surface area (Å²) in [6.45, 7) is 5.75. The Morgan fingerprint density at radius 2 is 1.94 bits per heavy atom. The minimum atomic E-state index is -0.690. The van der Waals surface area contributed by atoms with Gasteiger partial charge in [0, 0.05) is 31.5 Å². The van der Waals surface area contributed by atoms with Gasteiger partial charge in [-0.3, -0.25) is 9.36 Å². The molecule has 7 nitrogen and oxygen atoms in total. The highest BCUT2D eigenvalue weighted by Crippen LogP contribution is 2.35. The molecule has 0 atom stereocenters. The van der Waals surface area contributed by atoms with Gasteiger partial charge in [-0.15, -0.1) is 0 Å².